The second kappa shape index (κ2) is 3.98. The maximum absolute atomic E-state index is 6.04. The molecule has 3 heteroatoms. The van der Waals surface area contributed by atoms with Crippen molar-refractivity contribution < 1.29 is 9.47 Å². The highest BCUT2D eigenvalue weighted by Gasteiger charge is 2.20. The van der Waals surface area contributed by atoms with Crippen molar-refractivity contribution in [3.63, 3.8) is 0 Å². The average Bonchev–Trinajstić information content (AvgIpc) is 2.17. The number of benzene rings is 1. The van der Waals surface area contributed by atoms with Crippen LogP contribution in [0.25, 0.3) is 0 Å². The van der Waals surface area contributed by atoms with E-state index in [4.69, 9.17) is 15.2 Å². The highest BCUT2D eigenvalue weighted by molar-refractivity contribution is 5.43. The molecule has 1 heterocycles. The monoisotopic (exact) mass is 221 g/mol. The lowest BCUT2D eigenvalue weighted by Gasteiger charge is -2.26. The van der Waals surface area contributed by atoms with Gasteiger partial charge in [0.2, 0.25) is 0 Å². The Kier molecular flexibility index (Phi) is 2.80. The molecule has 0 bridgehead atoms. The van der Waals surface area contributed by atoms with E-state index in [-0.39, 0.29) is 11.6 Å². The first-order valence-electron chi connectivity index (χ1n) is 5.67. The van der Waals surface area contributed by atoms with E-state index in [0.717, 1.165) is 23.5 Å². The van der Waals surface area contributed by atoms with Crippen LogP contribution in [0.4, 0.5) is 0 Å². The first-order valence-corrected chi connectivity index (χ1v) is 5.67. The lowest BCUT2D eigenvalue weighted by molar-refractivity contribution is 0.130. The van der Waals surface area contributed by atoms with Crippen molar-refractivity contribution in [2.45, 2.75) is 38.8 Å². The molecule has 16 heavy (non-hydrogen) atoms. The molecule has 2 rings (SSSR count). The first kappa shape index (κ1) is 11.3. The van der Waals surface area contributed by atoms with Crippen molar-refractivity contribution in [2.24, 2.45) is 5.73 Å². The molecule has 0 unspecified atom stereocenters. The summed E-state index contributed by atoms with van der Waals surface area (Å²) in [5, 5.41) is 0. The van der Waals surface area contributed by atoms with Crippen LogP contribution in [-0.2, 0) is 0 Å². The number of rotatable bonds is 1. The minimum absolute atomic E-state index is 0.0623. The molecule has 2 N–H and O–H groups in total. The van der Waals surface area contributed by atoms with Gasteiger partial charge < -0.3 is 15.2 Å². The summed E-state index contributed by atoms with van der Waals surface area (Å²) in [6, 6.07) is 5.93. The van der Waals surface area contributed by atoms with Crippen LogP contribution >= 0.6 is 0 Å². The SMILES string of the molecule is CC(C)(C)Oc1ccc2c(c1)[C@H](N)CCO2. The van der Waals surface area contributed by atoms with E-state index >= 15 is 0 Å². The van der Waals surface area contributed by atoms with Gasteiger partial charge in [0, 0.05) is 18.0 Å². The van der Waals surface area contributed by atoms with Crippen molar-refractivity contribution in [2.75, 3.05) is 6.61 Å². The summed E-state index contributed by atoms with van der Waals surface area (Å²) in [7, 11) is 0. The van der Waals surface area contributed by atoms with Crippen LogP contribution in [0.2, 0.25) is 0 Å². The molecule has 0 spiro atoms. The van der Waals surface area contributed by atoms with Gasteiger partial charge in [-0.3, -0.25) is 0 Å². The second-order valence-corrected chi connectivity index (χ2v) is 5.16. The van der Waals surface area contributed by atoms with Crippen LogP contribution in [0.5, 0.6) is 11.5 Å². The molecule has 1 aromatic rings. The summed E-state index contributed by atoms with van der Waals surface area (Å²) < 4.78 is 11.3. The van der Waals surface area contributed by atoms with Crippen molar-refractivity contribution in [3.8, 4) is 11.5 Å². The maximum Gasteiger partial charge on any atom is 0.124 e. The molecule has 0 fully saturated rings. The zero-order chi connectivity index (χ0) is 11.8. The summed E-state index contributed by atoms with van der Waals surface area (Å²) in [5.74, 6) is 1.74. The highest BCUT2D eigenvalue weighted by Crippen LogP contribution is 2.34. The van der Waals surface area contributed by atoms with Gasteiger partial charge >= 0.3 is 0 Å². The van der Waals surface area contributed by atoms with Gasteiger partial charge in [-0.2, -0.15) is 0 Å². The lowest BCUT2D eigenvalue weighted by atomic mass is 10.0. The normalized spacial score (nSPS) is 19.9. The Morgan fingerprint density at radius 3 is 2.81 bits per heavy atom. The molecular formula is C13H19NO2. The molecular weight excluding hydrogens is 202 g/mol. The smallest absolute Gasteiger partial charge is 0.124 e. The topological polar surface area (TPSA) is 44.5 Å². The third-order valence-electron chi connectivity index (χ3n) is 2.49. The fourth-order valence-electron chi connectivity index (χ4n) is 1.82. The van der Waals surface area contributed by atoms with Crippen LogP contribution in [0.15, 0.2) is 18.2 Å². The van der Waals surface area contributed by atoms with E-state index in [0.29, 0.717) is 6.61 Å². The Balaban J connectivity index is 2.27. The van der Waals surface area contributed by atoms with Gasteiger partial charge in [0.25, 0.3) is 0 Å². The molecule has 0 aliphatic carbocycles. The van der Waals surface area contributed by atoms with E-state index in [1.165, 1.54) is 0 Å². The zero-order valence-electron chi connectivity index (χ0n) is 10.1. The standard InChI is InChI=1S/C13H19NO2/c1-13(2,3)16-9-4-5-12-10(8-9)11(14)6-7-15-12/h4-5,8,11H,6-7,14H2,1-3H3/t11-/m1/s1. The van der Waals surface area contributed by atoms with Crippen molar-refractivity contribution >= 4 is 0 Å². The van der Waals surface area contributed by atoms with Crippen LogP contribution < -0.4 is 15.2 Å². The van der Waals surface area contributed by atoms with E-state index < -0.39 is 0 Å². The van der Waals surface area contributed by atoms with Gasteiger partial charge in [-0.15, -0.1) is 0 Å². The average molecular weight is 221 g/mol. The van der Waals surface area contributed by atoms with Gasteiger partial charge in [0.05, 0.1) is 6.61 Å². The number of nitrogens with two attached hydrogens (primary N) is 1. The Labute approximate surface area is 96.5 Å². The number of fused-ring (bicyclic) bond motifs is 1. The second-order valence-electron chi connectivity index (χ2n) is 5.16. The van der Waals surface area contributed by atoms with Gasteiger partial charge in [0.15, 0.2) is 0 Å². The van der Waals surface area contributed by atoms with Crippen LogP contribution in [0.1, 0.15) is 38.8 Å². The minimum Gasteiger partial charge on any atom is -0.493 e. The quantitative estimate of drug-likeness (QED) is 0.793. The summed E-state index contributed by atoms with van der Waals surface area (Å²) >= 11 is 0. The predicted molar refractivity (Wildman–Crippen MR) is 63.9 cm³/mol. The predicted octanol–water partition coefficient (Wildman–Crippen LogP) is 2.65. The molecule has 1 aromatic carbocycles. The zero-order valence-corrected chi connectivity index (χ0v) is 10.1. The number of ether oxygens (including phenoxy) is 2. The minimum atomic E-state index is -0.187. The van der Waals surface area contributed by atoms with Gasteiger partial charge in [0.1, 0.15) is 17.1 Å². The molecule has 1 atom stereocenters. The molecule has 0 radical (unpaired) electrons. The van der Waals surface area contributed by atoms with E-state index in [1.807, 2.05) is 39.0 Å². The van der Waals surface area contributed by atoms with E-state index in [2.05, 4.69) is 0 Å². The Morgan fingerprint density at radius 2 is 2.12 bits per heavy atom. The van der Waals surface area contributed by atoms with E-state index in [9.17, 15) is 0 Å². The summed E-state index contributed by atoms with van der Waals surface area (Å²) in [4.78, 5) is 0. The van der Waals surface area contributed by atoms with E-state index in [1.54, 1.807) is 0 Å². The van der Waals surface area contributed by atoms with Crippen molar-refractivity contribution in [3.05, 3.63) is 23.8 Å². The molecule has 1 aliphatic heterocycles. The summed E-state index contributed by atoms with van der Waals surface area (Å²) in [6.07, 6.45) is 0.867. The van der Waals surface area contributed by atoms with Crippen molar-refractivity contribution in [1.29, 1.82) is 0 Å². The Bertz CT molecular complexity index is 382. The van der Waals surface area contributed by atoms with Crippen molar-refractivity contribution in [1.82, 2.24) is 0 Å². The molecule has 3 nitrogen and oxygen atoms in total. The number of hydrogen-bond donors (Lipinski definition) is 1. The lowest BCUT2D eigenvalue weighted by Crippen LogP contribution is -2.24. The third kappa shape index (κ3) is 2.47. The third-order valence-corrected chi connectivity index (χ3v) is 2.49. The van der Waals surface area contributed by atoms with Gasteiger partial charge in [-0.1, -0.05) is 0 Å². The Morgan fingerprint density at radius 1 is 1.38 bits per heavy atom. The van der Waals surface area contributed by atoms with Crippen LogP contribution in [0.3, 0.4) is 0 Å². The highest BCUT2D eigenvalue weighted by atomic mass is 16.5. The molecule has 0 aromatic heterocycles. The summed E-state index contributed by atoms with van der Waals surface area (Å²) in [5.41, 5.74) is 6.91. The molecule has 0 saturated carbocycles. The summed E-state index contributed by atoms with van der Waals surface area (Å²) in [6.45, 7) is 6.79. The van der Waals surface area contributed by atoms with Gasteiger partial charge in [-0.05, 0) is 39.0 Å². The largest absolute Gasteiger partial charge is 0.493 e. The Hall–Kier alpha value is -1.22. The van der Waals surface area contributed by atoms with Gasteiger partial charge in [-0.25, -0.2) is 0 Å². The molecule has 0 amide bonds. The fraction of sp³-hybridized carbons (Fsp3) is 0.538. The molecule has 1 aliphatic rings. The first-order chi connectivity index (χ1) is 7.46. The maximum atomic E-state index is 6.04. The number of hydrogen-bond acceptors (Lipinski definition) is 3. The molecule has 0 saturated heterocycles. The fourth-order valence-corrected chi connectivity index (χ4v) is 1.82. The van der Waals surface area contributed by atoms with Crippen LogP contribution in [-0.4, -0.2) is 12.2 Å². The van der Waals surface area contributed by atoms with Crippen LogP contribution in [0, 0.1) is 0 Å². The molecule has 88 valence electrons.